The predicted molar refractivity (Wildman–Crippen MR) is 74.6 cm³/mol. The Balaban J connectivity index is 2.19. The lowest BCUT2D eigenvalue weighted by Crippen LogP contribution is -1.99. The minimum Gasteiger partial charge on any atom is -0.454 e. The van der Waals surface area contributed by atoms with Gasteiger partial charge < -0.3 is 10.5 Å². The molecule has 0 bridgehead atoms. The molecule has 0 unspecified atom stereocenters. The first-order chi connectivity index (χ1) is 8.72. The second kappa shape index (κ2) is 6.02. The molecule has 18 heavy (non-hydrogen) atoms. The van der Waals surface area contributed by atoms with E-state index in [0.717, 1.165) is 34.5 Å². The van der Waals surface area contributed by atoms with Crippen molar-refractivity contribution in [3.05, 3.63) is 40.6 Å². The lowest BCUT2D eigenvalue weighted by molar-refractivity contribution is 0.474. The molecular formula is C13H16BrN3O. The van der Waals surface area contributed by atoms with E-state index in [1.807, 2.05) is 29.1 Å². The quantitative estimate of drug-likeness (QED) is 0.922. The Hall–Kier alpha value is -1.33. The van der Waals surface area contributed by atoms with Gasteiger partial charge in [0.05, 0.1) is 12.4 Å². The van der Waals surface area contributed by atoms with Crippen LogP contribution in [0.2, 0.25) is 0 Å². The number of nitrogens with zero attached hydrogens (tertiary/aromatic N) is 2. The van der Waals surface area contributed by atoms with Crippen molar-refractivity contribution in [2.45, 2.75) is 26.4 Å². The van der Waals surface area contributed by atoms with Gasteiger partial charge in [0.2, 0.25) is 0 Å². The van der Waals surface area contributed by atoms with Gasteiger partial charge >= 0.3 is 0 Å². The third kappa shape index (κ3) is 3.11. The predicted octanol–water partition coefficient (Wildman–Crippen LogP) is 3.31. The minimum atomic E-state index is 0.450. The van der Waals surface area contributed by atoms with Crippen molar-refractivity contribution in [2.75, 3.05) is 0 Å². The van der Waals surface area contributed by atoms with E-state index >= 15 is 0 Å². The first kappa shape index (κ1) is 13.1. The van der Waals surface area contributed by atoms with Gasteiger partial charge in [-0.25, -0.2) is 0 Å². The average Bonchev–Trinajstić information content (AvgIpc) is 2.77. The lowest BCUT2D eigenvalue weighted by atomic mass is 10.2. The molecule has 2 N–H and O–H groups in total. The Morgan fingerprint density at radius 1 is 1.44 bits per heavy atom. The van der Waals surface area contributed by atoms with Crippen molar-refractivity contribution >= 4 is 15.9 Å². The molecule has 0 saturated heterocycles. The number of hydrogen-bond acceptors (Lipinski definition) is 3. The molecule has 1 aromatic heterocycles. The molecule has 0 fully saturated rings. The van der Waals surface area contributed by atoms with Gasteiger partial charge in [0, 0.05) is 23.1 Å². The molecule has 0 radical (unpaired) electrons. The molecule has 0 aliphatic carbocycles. The summed E-state index contributed by atoms with van der Waals surface area (Å²) in [5.41, 5.74) is 6.66. The van der Waals surface area contributed by atoms with Gasteiger partial charge in [-0.1, -0.05) is 28.9 Å². The molecule has 2 aromatic rings. The normalized spacial score (nSPS) is 10.6. The summed E-state index contributed by atoms with van der Waals surface area (Å²) < 4.78 is 8.65. The van der Waals surface area contributed by atoms with Gasteiger partial charge in [-0.05, 0) is 18.6 Å². The lowest BCUT2D eigenvalue weighted by Gasteiger charge is -2.08. The monoisotopic (exact) mass is 309 g/mol. The van der Waals surface area contributed by atoms with Gasteiger partial charge in [-0.15, -0.1) is 0 Å². The number of aromatic nitrogens is 2. The van der Waals surface area contributed by atoms with Crippen LogP contribution in [0.25, 0.3) is 0 Å². The van der Waals surface area contributed by atoms with Gasteiger partial charge in [0.1, 0.15) is 5.75 Å². The van der Waals surface area contributed by atoms with E-state index in [4.69, 9.17) is 10.5 Å². The van der Waals surface area contributed by atoms with Crippen LogP contribution in [-0.2, 0) is 13.1 Å². The fourth-order valence-corrected chi connectivity index (χ4v) is 2.01. The third-order valence-electron chi connectivity index (χ3n) is 2.54. The van der Waals surface area contributed by atoms with Crippen molar-refractivity contribution in [1.29, 1.82) is 0 Å². The van der Waals surface area contributed by atoms with Crippen molar-refractivity contribution in [3.8, 4) is 11.5 Å². The van der Waals surface area contributed by atoms with Crippen LogP contribution in [0, 0.1) is 0 Å². The Kier molecular flexibility index (Phi) is 4.38. The Morgan fingerprint density at radius 3 is 3.00 bits per heavy atom. The highest BCUT2D eigenvalue weighted by Gasteiger charge is 2.06. The molecule has 1 heterocycles. The van der Waals surface area contributed by atoms with E-state index in [9.17, 15) is 0 Å². The molecule has 1 aromatic carbocycles. The zero-order valence-corrected chi connectivity index (χ0v) is 11.9. The van der Waals surface area contributed by atoms with Gasteiger partial charge in [0.25, 0.3) is 0 Å². The molecule has 0 spiro atoms. The van der Waals surface area contributed by atoms with Crippen LogP contribution in [0.15, 0.2) is 35.1 Å². The molecule has 0 amide bonds. The van der Waals surface area contributed by atoms with Crippen molar-refractivity contribution in [3.63, 3.8) is 0 Å². The van der Waals surface area contributed by atoms with E-state index in [1.165, 1.54) is 0 Å². The number of hydrogen-bond donors (Lipinski definition) is 1. The van der Waals surface area contributed by atoms with Crippen molar-refractivity contribution in [2.24, 2.45) is 5.73 Å². The molecular weight excluding hydrogens is 294 g/mol. The Morgan fingerprint density at radius 2 is 2.28 bits per heavy atom. The van der Waals surface area contributed by atoms with Crippen LogP contribution in [0.1, 0.15) is 18.9 Å². The van der Waals surface area contributed by atoms with Crippen LogP contribution in [-0.4, -0.2) is 9.78 Å². The fourth-order valence-electron chi connectivity index (χ4n) is 1.67. The first-order valence-electron chi connectivity index (χ1n) is 5.91. The maximum atomic E-state index is 5.81. The molecule has 2 rings (SSSR count). The number of nitrogens with two attached hydrogens (primary N) is 1. The summed E-state index contributed by atoms with van der Waals surface area (Å²) >= 11 is 3.43. The Bertz CT molecular complexity index is 525. The second-order valence-corrected chi connectivity index (χ2v) is 4.91. The number of ether oxygens (including phenoxy) is 1. The third-order valence-corrected chi connectivity index (χ3v) is 3.03. The van der Waals surface area contributed by atoms with Gasteiger partial charge in [-0.3, -0.25) is 4.68 Å². The summed E-state index contributed by atoms with van der Waals surface area (Å²) in [6.45, 7) is 3.46. The fraction of sp³-hybridized carbons (Fsp3) is 0.308. The summed E-state index contributed by atoms with van der Waals surface area (Å²) in [7, 11) is 0. The highest BCUT2D eigenvalue weighted by atomic mass is 79.9. The smallest absolute Gasteiger partial charge is 0.165 e. The average molecular weight is 310 g/mol. The van der Waals surface area contributed by atoms with E-state index in [1.54, 1.807) is 6.20 Å². The molecule has 0 aliphatic heterocycles. The summed E-state index contributed by atoms with van der Waals surface area (Å²) in [6.07, 6.45) is 4.66. The SMILES string of the molecule is CCCn1cc(Oc2cc(Br)ccc2CN)cn1. The maximum Gasteiger partial charge on any atom is 0.165 e. The van der Waals surface area contributed by atoms with E-state index in [-0.39, 0.29) is 0 Å². The van der Waals surface area contributed by atoms with Crippen LogP contribution >= 0.6 is 15.9 Å². The number of halogens is 1. The van der Waals surface area contributed by atoms with Crippen LogP contribution in [0.3, 0.4) is 0 Å². The zero-order chi connectivity index (χ0) is 13.0. The highest BCUT2D eigenvalue weighted by Crippen LogP contribution is 2.28. The molecule has 0 saturated carbocycles. The molecule has 0 atom stereocenters. The molecule has 4 nitrogen and oxygen atoms in total. The number of aryl methyl sites for hydroxylation is 1. The van der Waals surface area contributed by atoms with Gasteiger partial charge in [-0.2, -0.15) is 5.10 Å². The number of benzene rings is 1. The van der Waals surface area contributed by atoms with Crippen LogP contribution in [0.4, 0.5) is 0 Å². The van der Waals surface area contributed by atoms with Crippen molar-refractivity contribution in [1.82, 2.24) is 9.78 Å². The first-order valence-corrected chi connectivity index (χ1v) is 6.71. The summed E-state index contributed by atoms with van der Waals surface area (Å²) in [6, 6.07) is 5.82. The molecule has 0 aliphatic rings. The van der Waals surface area contributed by atoms with E-state index in [2.05, 4.69) is 28.0 Å². The molecule has 5 heteroatoms. The standard InChI is InChI=1S/C13H16BrN3O/c1-2-5-17-9-12(8-16-17)18-13-6-11(14)4-3-10(13)7-15/h3-4,6,8-9H,2,5,7,15H2,1H3. The van der Waals surface area contributed by atoms with Crippen LogP contribution < -0.4 is 10.5 Å². The summed E-state index contributed by atoms with van der Waals surface area (Å²) in [4.78, 5) is 0. The van der Waals surface area contributed by atoms with E-state index in [0.29, 0.717) is 6.54 Å². The van der Waals surface area contributed by atoms with Crippen molar-refractivity contribution < 1.29 is 4.74 Å². The molecule has 96 valence electrons. The van der Waals surface area contributed by atoms with E-state index < -0.39 is 0 Å². The summed E-state index contributed by atoms with van der Waals surface area (Å²) in [5, 5.41) is 4.23. The highest BCUT2D eigenvalue weighted by molar-refractivity contribution is 9.10. The minimum absolute atomic E-state index is 0.450. The largest absolute Gasteiger partial charge is 0.454 e. The summed E-state index contributed by atoms with van der Waals surface area (Å²) in [5.74, 6) is 1.50. The topological polar surface area (TPSA) is 53.1 Å². The zero-order valence-electron chi connectivity index (χ0n) is 10.3. The Labute approximate surface area is 115 Å². The van der Waals surface area contributed by atoms with Crippen LogP contribution in [0.5, 0.6) is 11.5 Å². The number of rotatable bonds is 5. The maximum absolute atomic E-state index is 5.81. The van der Waals surface area contributed by atoms with Gasteiger partial charge in [0.15, 0.2) is 5.75 Å². The second-order valence-electron chi connectivity index (χ2n) is 4.00.